The summed E-state index contributed by atoms with van der Waals surface area (Å²) >= 11 is 0. The lowest BCUT2D eigenvalue weighted by Crippen LogP contribution is -2.30. The van der Waals surface area contributed by atoms with E-state index < -0.39 is 24.0 Å². The van der Waals surface area contributed by atoms with Crippen molar-refractivity contribution in [3.63, 3.8) is 0 Å². The molecular formula is C25H27NO6. The van der Waals surface area contributed by atoms with Gasteiger partial charge in [0.25, 0.3) is 0 Å². The number of esters is 2. The van der Waals surface area contributed by atoms with Gasteiger partial charge in [0.15, 0.2) is 6.10 Å². The van der Waals surface area contributed by atoms with Gasteiger partial charge in [0, 0.05) is 24.2 Å². The van der Waals surface area contributed by atoms with E-state index in [4.69, 9.17) is 9.47 Å². The zero-order chi connectivity index (χ0) is 23.3. The van der Waals surface area contributed by atoms with Crippen LogP contribution in [0.2, 0.25) is 0 Å². The number of carbonyl (C=O) groups excluding carboxylic acids is 4. The summed E-state index contributed by atoms with van der Waals surface area (Å²) in [5, 5.41) is 0. The Morgan fingerprint density at radius 2 is 1.66 bits per heavy atom. The van der Waals surface area contributed by atoms with Gasteiger partial charge in [-0.25, -0.2) is 4.79 Å². The Morgan fingerprint density at radius 3 is 2.28 bits per heavy atom. The Balaban J connectivity index is 1.59. The van der Waals surface area contributed by atoms with Gasteiger partial charge in [-0.3, -0.25) is 14.4 Å². The predicted molar refractivity (Wildman–Crippen MR) is 119 cm³/mol. The lowest BCUT2D eigenvalue weighted by Gasteiger charge is -2.18. The van der Waals surface area contributed by atoms with Crippen LogP contribution in [0, 0.1) is 12.8 Å². The first-order valence-corrected chi connectivity index (χ1v) is 10.7. The Labute approximate surface area is 187 Å². The Morgan fingerprint density at radius 1 is 1.03 bits per heavy atom. The van der Waals surface area contributed by atoms with E-state index in [1.807, 2.05) is 26.0 Å². The van der Waals surface area contributed by atoms with Crippen LogP contribution in [-0.4, -0.2) is 42.9 Å². The highest BCUT2D eigenvalue weighted by Gasteiger charge is 2.37. The number of amides is 1. The van der Waals surface area contributed by atoms with Crippen LogP contribution >= 0.6 is 0 Å². The van der Waals surface area contributed by atoms with Crippen molar-refractivity contribution in [1.29, 1.82) is 0 Å². The zero-order valence-electron chi connectivity index (χ0n) is 18.5. The molecule has 0 aromatic heterocycles. The second-order valence-electron chi connectivity index (χ2n) is 7.90. The molecule has 1 fully saturated rings. The molecule has 2 aromatic rings. The van der Waals surface area contributed by atoms with Crippen LogP contribution < -0.4 is 4.90 Å². The number of nitrogens with zero attached hydrogens (tertiary/aromatic N) is 1. The van der Waals surface area contributed by atoms with E-state index in [1.165, 1.54) is 11.8 Å². The maximum Gasteiger partial charge on any atom is 0.338 e. The first kappa shape index (κ1) is 23.2. The third kappa shape index (κ3) is 5.41. The number of aryl methyl sites for hydroxylation is 1. The number of Topliss-reactive ketones (excluding diaryl/α,β-unsaturated/α-hetero) is 1. The van der Waals surface area contributed by atoms with Crippen molar-refractivity contribution >= 4 is 29.3 Å². The van der Waals surface area contributed by atoms with Crippen LogP contribution in [0.25, 0.3) is 0 Å². The first-order chi connectivity index (χ1) is 15.3. The van der Waals surface area contributed by atoms with Crippen LogP contribution in [0.5, 0.6) is 0 Å². The monoisotopic (exact) mass is 437 g/mol. The molecule has 7 nitrogen and oxygen atoms in total. The largest absolute Gasteiger partial charge is 0.462 e. The molecule has 2 aromatic carbocycles. The lowest BCUT2D eigenvalue weighted by atomic mass is 10.1. The molecule has 1 amide bonds. The number of rotatable bonds is 8. The van der Waals surface area contributed by atoms with E-state index >= 15 is 0 Å². The molecule has 1 aliphatic heterocycles. The number of benzene rings is 2. The average molecular weight is 437 g/mol. The topological polar surface area (TPSA) is 90.0 Å². The average Bonchev–Trinajstić information content (AvgIpc) is 3.19. The molecule has 0 saturated carbocycles. The number of hydrogen-bond acceptors (Lipinski definition) is 6. The van der Waals surface area contributed by atoms with E-state index in [9.17, 15) is 19.2 Å². The molecule has 1 saturated heterocycles. The number of ketones is 1. The third-order valence-corrected chi connectivity index (χ3v) is 5.31. The number of anilines is 1. The molecule has 1 heterocycles. The second-order valence-corrected chi connectivity index (χ2v) is 7.90. The highest BCUT2D eigenvalue weighted by atomic mass is 16.5. The molecule has 7 heteroatoms. The van der Waals surface area contributed by atoms with Crippen molar-refractivity contribution in [2.45, 2.75) is 39.7 Å². The lowest BCUT2D eigenvalue weighted by molar-refractivity contribution is -0.151. The molecular weight excluding hydrogens is 410 g/mol. The molecule has 0 spiro atoms. The van der Waals surface area contributed by atoms with Crippen LogP contribution in [0.3, 0.4) is 0 Å². The maximum absolute atomic E-state index is 12.6. The molecule has 0 N–H and O–H groups in total. The number of hydrogen-bond donors (Lipinski definition) is 0. The van der Waals surface area contributed by atoms with Gasteiger partial charge in [-0.15, -0.1) is 0 Å². The summed E-state index contributed by atoms with van der Waals surface area (Å²) in [6, 6.07) is 13.5. The van der Waals surface area contributed by atoms with Crippen molar-refractivity contribution < 1.29 is 28.7 Å². The minimum absolute atomic E-state index is 0.00453. The van der Waals surface area contributed by atoms with Gasteiger partial charge < -0.3 is 14.4 Å². The number of ether oxygens (including phenoxy) is 2. The quantitative estimate of drug-likeness (QED) is 0.462. The summed E-state index contributed by atoms with van der Waals surface area (Å²) in [5.41, 5.74) is 2.48. The van der Waals surface area contributed by atoms with Crippen LogP contribution in [-0.2, 0) is 19.1 Å². The molecule has 3 rings (SSSR count). The van der Waals surface area contributed by atoms with Crippen molar-refractivity contribution in [1.82, 2.24) is 0 Å². The predicted octanol–water partition coefficient (Wildman–Crippen LogP) is 3.73. The van der Waals surface area contributed by atoms with E-state index in [-0.39, 0.29) is 24.7 Å². The minimum atomic E-state index is -0.942. The highest BCUT2D eigenvalue weighted by molar-refractivity contribution is 6.02. The summed E-state index contributed by atoms with van der Waals surface area (Å²) in [6.07, 6.45) is -0.202. The smallest absolute Gasteiger partial charge is 0.338 e. The maximum atomic E-state index is 12.6. The van der Waals surface area contributed by atoms with Gasteiger partial charge in [-0.2, -0.15) is 0 Å². The van der Waals surface area contributed by atoms with E-state index in [1.54, 1.807) is 36.4 Å². The molecule has 1 aliphatic rings. The molecule has 32 heavy (non-hydrogen) atoms. The minimum Gasteiger partial charge on any atom is -0.462 e. The second kappa shape index (κ2) is 10.2. The van der Waals surface area contributed by atoms with Gasteiger partial charge in [0.2, 0.25) is 11.7 Å². The fourth-order valence-electron chi connectivity index (χ4n) is 3.45. The van der Waals surface area contributed by atoms with Gasteiger partial charge >= 0.3 is 11.9 Å². The van der Waals surface area contributed by atoms with Gasteiger partial charge in [-0.1, -0.05) is 36.8 Å². The summed E-state index contributed by atoms with van der Waals surface area (Å²) in [6.45, 7) is 5.87. The Kier molecular flexibility index (Phi) is 7.41. The Bertz CT molecular complexity index is 996. The number of carbonyl (C=O) groups is 4. The molecule has 0 bridgehead atoms. The van der Waals surface area contributed by atoms with Crippen molar-refractivity contribution in [2.24, 2.45) is 5.92 Å². The zero-order valence-corrected chi connectivity index (χ0v) is 18.5. The summed E-state index contributed by atoms with van der Waals surface area (Å²) in [5.74, 6) is -2.16. The van der Waals surface area contributed by atoms with Crippen molar-refractivity contribution in [3.05, 3.63) is 65.2 Å². The Hall–Kier alpha value is -3.48. The van der Waals surface area contributed by atoms with Gasteiger partial charge in [0.05, 0.1) is 18.1 Å². The van der Waals surface area contributed by atoms with Crippen molar-refractivity contribution in [2.75, 3.05) is 18.1 Å². The summed E-state index contributed by atoms with van der Waals surface area (Å²) < 4.78 is 10.5. The molecule has 0 radical (unpaired) electrons. The van der Waals surface area contributed by atoms with E-state index in [0.29, 0.717) is 23.4 Å². The molecule has 168 valence electrons. The normalized spacial score (nSPS) is 16.5. The fourth-order valence-corrected chi connectivity index (χ4v) is 3.45. The van der Waals surface area contributed by atoms with Crippen LogP contribution in [0.15, 0.2) is 48.5 Å². The summed E-state index contributed by atoms with van der Waals surface area (Å²) in [4.78, 5) is 51.0. The van der Waals surface area contributed by atoms with Crippen LogP contribution in [0.4, 0.5) is 5.69 Å². The first-order valence-electron chi connectivity index (χ1n) is 10.7. The van der Waals surface area contributed by atoms with Crippen molar-refractivity contribution in [3.8, 4) is 0 Å². The molecule has 2 atom stereocenters. The summed E-state index contributed by atoms with van der Waals surface area (Å²) in [7, 11) is 0. The highest BCUT2D eigenvalue weighted by Crippen LogP contribution is 2.27. The van der Waals surface area contributed by atoms with Gasteiger partial charge in [0.1, 0.15) is 0 Å². The third-order valence-electron chi connectivity index (χ3n) is 5.31. The van der Waals surface area contributed by atoms with E-state index in [2.05, 4.69) is 0 Å². The van der Waals surface area contributed by atoms with Gasteiger partial charge in [-0.05, 0) is 44.5 Å². The fraction of sp³-hybridized carbons (Fsp3) is 0.360. The van der Waals surface area contributed by atoms with Crippen LogP contribution in [0.1, 0.15) is 53.0 Å². The molecule has 0 unspecified atom stereocenters. The standard InChI is InChI=1S/C25H27NO6/c1-4-13-31-24(29)19-9-11-21(12-10-19)26-15-20(14-22(26)27)25(30)32-17(3)23(28)18-7-5-16(2)6-8-18/h5-12,17,20H,4,13-15H2,1-3H3/t17-,20+/m1/s1. The van der Waals surface area contributed by atoms with E-state index in [0.717, 1.165) is 12.0 Å². The SMILES string of the molecule is CCCOC(=O)c1ccc(N2C[C@@H](C(=O)O[C@H](C)C(=O)c3ccc(C)cc3)CC2=O)cc1. The molecule has 0 aliphatic carbocycles.